The molecule has 2 aromatic carbocycles. The number of alkyl halides is 3. The molecule has 0 atom stereocenters. The van der Waals surface area contributed by atoms with E-state index in [1.165, 1.54) is 35.8 Å². The van der Waals surface area contributed by atoms with E-state index < -0.39 is 17.5 Å². The minimum Gasteiger partial charge on any atom is -0.289 e. The van der Waals surface area contributed by atoms with Crippen molar-refractivity contribution in [3.8, 4) is 16.8 Å². The van der Waals surface area contributed by atoms with Gasteiger partial charge in [-0.2, -0.15) is 18.3 Å². The fourth-order valence-electron chi connectivity index (χ4n) is 3.02. The number of halogens is 3. The molecule has 8 heteroatoms. The lowest BCUT2D eigenvalue weighted by molar-refractivity contribution is -0.137. The summed E-state index contributed by atoms with van der Waals surface area (Å²) in [6, 6.07) is 13.0. The summed E-state index contributed by atoms with van der Waals surface area (Å²) < 4.78 is 41.4. The second kappa shape index (κ2) is 7.31. The van der Waals surface area contributed by atoms with Crippen LogP contribution in [0.4, 0.5) is 13.2 Å². The molecular weight excluding hydrogens is 381 g/mol. The van der Waals surface area contributed by atoms with Crippen LogP contribution in [0.15, 0.2) is 79.6 Å². The lowest BCUT2D eigenvalue weighted by Crippen LogP contribution is -2.10. The summed E-state index contributed by atoms with van der Waals surface area (Å²) in [5, 5.41) is 4.06. The fraction of sp³-hybridized carbons (Fsp3) is 0.0476. The van der Waals surface area contributed by atoms with Crippen LogP contribution in [-0.2, 0) is 6.18 Å². The third-order valence-corrected chi connectivity index (χ3v) is 4.38. The Balaban J connectivity index is 1.94. The van der Waals surface area contributed by atoms with Crippen molar-refractivity contribution in [2.24, 2.45) is 0 Å². The minimum atomic E-state index is -4.57. The molecule has 2 heterocycles. The highest BCUT2D eigenvalue weighted by atomic mass is 19.4. The van der Waals surface area contributed by atoms with Gasteiger partial charge in [0.1, 0.15) is 12.7 Å². The Kier molecular flexibility index (Phi) is 4.67. The Bertz CT molecular complexity index is 1160. The number of benzene rings is 2. The highest BCUT2D eigenvalue weighted by molar-refractivity contribution is 6.13. The molecule has 0 N–H and O–H groups in total. The molecule has 5 nitrogen and oxygen atoms in total. The number of pyridine rings is 1. The Labute approximate surface area is 163 Å². The molecule has 4 aromatic rings. The maximum atomic E-state index is 13.3. The second-order valence-electron chi connectivity index (χ2n) is 6.19. The number of rotatable bonds is 4. The number of nitrogens with zero attached hydrogens (tertiary/aromatic N) is 4. The van der Waals surface area contributed by atoms with Gasteiger partial charge in [0.15, 0.2) is 5.78 Å². The summed E-state index contributed by atoms with van der Waals surface area (Å²) in [5.41, 5.74) is 0.699. The Morgan fingerprint density at radius 1 is 0.931 bits per heavy atom. The Hall–Kier alpha value is -3.81. The predicted molar refractivity (Wildman–Crippen MR) is 99.5 cm³/mol. The Morgan fingerprint density at radius 2 is 1.72 bits per heavy atom. The number of hydrogen-bond acceptors (Lipinski definition) is 4. The summed E-state index contributed by atoms with van der Waals surface area (Å²) in [7, 11) is 0. The molecular formula is C21H13F3N4O. The maximum Gasteiger partial charge on any atom is 0.416 e. The van der Waals surface area contributed by atoms with Gasteiger partial charge in [0, 0.05) is 22.9 Å². The van der Waals surface area contributed by atoms with Crippen LogP contribution in [0.1, 0.15) is 21.5 Å². The molecule has 0 radical (unpaired) electrons. The summed E-state index contributed by atoms with van der Waals surface area (Å²) in [6.07, 6.45) is 1.22. The summed E-state index contributed by atoms with van der Waals surface area (Å²) in [5.74, 6) is -0.506. The zero-order valence-electron chi connectivity index (χ0n) is 14.8. The van der Waals surface area contributed by atoms with Crippen LogP contribution in [0.3, 0.4) is 0 Å². The molecule has 0 saturated heterocycles. The van der Waals surface area contributed by atoms with Gasteiger partial charge in [-0.25, -0.2) is 9.67 Å². The van der Waals surface area contributed by atoms with Gasteiger partial charge in [-0.15, -0.1) is 0 Å². The predicted octanol–water partition coefficient (Wildman–Crippen LogP) is 4.58. The number of ketones is 1. The first kappa shape index (κ1) is 18.5. The van der Waals surface area contributed by atoms with Crippen molar-refractivity contribution in [2.75, 3.05) is 0 Å². The molecule has 0 spiro atoms. The summed E-state index contributed by atoms with van der Waals surface area (Å²) in [6.45, 7) is 0. The molecule has 2 aromatic heterocycles. The van der Waals surface area contributed by atoms with Crippen molar-refractivity contribution in [3.63, 3.8) is 0 Å². The largest absolute Gasteiger partial charge is 0.416 e. The minimum absolute atomic E-state index is 0.0569. The first-order valence-electron chi connectivity index (χ1n) is 8.55. The van der Waals surface area contributed by atoms with Crippen LogP contribution in [0.5, 0.6) is 0 Å². The van der Waals surface area contributed by atoms with Crippen LogP contribution < -0.4 is 0 Å². The molecule has 0 aliphatic heterocycles. The van der Waals surface area contributed by atoms with E-state index in [0.717, 1.165) is 12.1 Å². The zero-order chi connectivity index (χ0) is 20.4. The van der Waals surface area contributed by atoms with Crippen molar-refractivity contribution >= 4 is 5.78 Å². The first-order valence-corrected chi connectivity index (χ1v) is 8.55. The molecule has 0 aliphatic rings. The van der Waals surface area contributed by atoms with E-state index in [-0.39, 0.29) is 5.56 Å². The highest BCUT2D eigenvalue weighted by Crippen LogP contribution is 2.36. The van der Waals surface area contributed by atoms with Gasteiger partial charge < -0.3 is 0 Å². The van der Waals surface area contributed by atoms with Gasteiger partial charge in [0.25, 0.3) is 0 Å². The monoisotopic (exact) mass is 394 g/mol. The van der Waals surface area contributed by atoms with Crippen molar-refractivity contribution in [1.82, 2.24) is 19.7 Å². The summed E-state index contributed by atoms with van der Waals surface area (Å²) >= 11 is 0. The van der Waals surface area contributed by atoms with E-state index in [1.54, 1.807) is 36.4 Å². The third kappa shape index (κ3) is 3.64. The average Bonchev–Trinajstić information content (AvgIpc) is 3.27. The molecule has 0 saturated carbocycles. The SMILES string of the molecule is O=C(c1ccccc1)c1cc(C(F)(F)F)ccc1-c1ccncc1-n1cncn1. The topological polar surface area (TPSA) is 60.7 Å². The van der Waals surface area contributed by atoms with Gasteiger partial charge in [-0.1, -0.05) is 36.4 Å². The standard InChI is InChI=1S/C21H13F3N4O/c22-21(23,24)15-6-7-16(18(10-15)20(29)14-4-2-1-3-5-14)17-8-9-25-11-19(17)28-13-26-12-27-28/h1-13H. The smallest absolute Gasteiger partial charge is 0.289 e. The van der Waals surface area contributed by atoms with Crippen molar-refractivity contribution in [1.29, 1.82) is 0 Å². The zero-order valence-corrected chi connectivity index (χ0v) is 14.8. The van der Waals surface area contributed by atoms with E-state index in [4.69, 9.17) is 0 Å². The average molecular weight is 394 g/mol. The van der Waals surface area contributed by atoms with Gasteiger partial charge in [-0.05, 0) is 23.8 Å². The van der Waals surface area contributed by atoms with Gasteiger partial charge >= 0.3 is 6.18 Å². The molecule has 0 aliphatic carbocycles. The highest BCUT2D eigenvalue weighted by Gasteiger charge is 2.32. The van der Waals surface area contributed by atoms with Crippen molar-refractivity contribution in [3.05, 3.63) is 96.3 Å². The van der Waals surface area contributed by atoms with Crippen molar-refractivity contribution in [2.45, 2.75) is 6.18 Å². The van der Waals surface area contributed by atoms with E-state index in [2.05, 4.69) is 15.1 Å². The quantitative estimate of drug-likeness (QED) is 0.476. The third-order valence-electron chi connectivity index (χ3n) is 4.38. The van der Waals surface area contributed by atoms with E-state index in [9.17, 15) is 18.0 Å². The summed E-state index contributed by atoms with van der Waals surface area (Å²) in [4.78, 5) is 21.1. The Morgan fingerprint density at radius 3 is 2.41 bits per heavy atom. The number of hydrogen-bond donors (Lipinski definition) is 0. The number of carbonyl (C=O) groups is 1. The van der Waals surface area contributed by atoms with Gasteiger partial charge in [0.05, 0.1) is 17.4 Å². The molecule has 4 rings (SSSR count). The van der Waals surface area contributed by atoms with E-state index >= 15 is 0 Å². The molecule has 0 amide bonds. The lowest BCUT2D eigenvalue weighted by atomic mass is 9.92. The second-order valence-corrected chi connectivity index (χ2v) is 6.19. The van der Waals surface area contributed by atoms with Gasteiger partial charge in [-0.3, -0.25) is 9.78 Å². The van der Waals surface area contributed by atoms with Crippen LogP contribution >= 0.6 is 0 Å². The van der Waals surface area contributed by atoms with Crippen LogP contribution in [-0.4, -0.2) is 25.5 Å². The number of carbonyl (C=O) groups excluding carboxylic acids is 1. The van der Waals surface area contributed by atoms with Crippen LogP contribution in [0, 0.1) is 0 Å². The van der Waals surface area contributed by atoms with Crippen molar-refractivity contribution < 1.29 is 18.0 Å². The maximum absolute atomic E-state index is 13.3. The van der Waals surface area contributed by atoms with E-state index in [0.29, 0.717) is 22.4 Å². The van der Waals surface area contributed by atoms with E-state index in [1.807, 2.05) is 0 Å². The lowest BCUT2D eigenvalue weighted by Gasteiger charge is -2.15. The molecule has 0 bridgehead atoms. The normalized spacial score (nSPS) is 11.4. The number of aromatic nitrogens is 4. The fourth-order valence-corrected chi connectivity index (χ4v) is 3.02. The molecule has 29 heavy (non-hydrogen) atoms. The molecule has 0 unspecified atom stereocenters. The van der Waals surface area contributed by atoms with Gasteiger partial charge in [0.2, 0.25) is 0 Å². The first-order chi connectivity index (χ1) is 13.9. The van der Waals surface area contributed by atoms with Crippen LogP contribution in [0.2, 0.25) is 0 Å². The molecule has 0 fully saturated rings. The van der Waals surface area contributed by atoms with Crippen LogP contribution in [0.25, 0.3) is 16.8 Å². The molecule has 144 valence electrons.